The van der Waals surface area contributed by atoms with E-state index >= 15 is 0 Å². The summed E-state index contributed by atoms with van der Waals surface area (Å²) in [5.74, 6) is 3.04. The average Bonchev–Trinajstić information content (AvgIpc) is 2.31. The van der Waals surface area contributed by atoms with Gasteiger partial charge in [0.2, 0.25) is 0 Å². The first-order valence-corrected chi connectivity index (χ1v) is 7.53. The second-order valence-electron chi connectivity index (χ2n) is 6.86. The van der Waals surface area contributed by atoms with E-state index in [1.807, 2.05) is 7.05 Å². The molecule has 4 aliphatic carbocycles. The summed E-state index contributed by atoms with van der Waals surface area (Å²) < 4.78 is 0. The Balaban J connectivity index is 1.84. The highest BCUT2D eigenvalue weighted by atomic mass is 16.4. The van der Waals surface area contributed by atoms with Crippen LogP contribution in [0, 0.1) is 29.6 Å². The zero-order valence-corrected chi connectivity index (χ0v) is 11.5. The van der Waals surface area contributed by atoms with Crippen LogP contribution in [0.25, 0.3) is 0 Å². The Morgan fingerprint density at radius 3 is 2.06 bits per heavy atom. The van der Waals surface area contributed by atoms with Crippen LogP contribution in [0.5, 0.6) is 0 Å². The van der Waals surface area contributed by atoms with Crippen molar-refractivity contribution in [2.75, 3.05) is 13.6 Å². The van der Waals surface area contributed by atoms with Gasteiger partial charge in [-0.05, 0) is 75.3 Å². The smallest absolute Gasteiger partial charge is 0.321 e. The second kappa shape index (κ2) is 4.52. The van der Waals surface area contributed by atoms with Crippen molar-refractivity contribution in [1.82, 2.24) is 4.90 Å². The van der Waals surface area contributed by atoms with Crippen molar-refractivity contribution in [3.05, 3.63) is 0 Å². The van der Waals surface area contributed by atoms with Gasteiger partial charge >= 0.3 is 5.97 Å². The van der Waals surface area contributed by atoms with E-state index in [4.69, 9.17) is 0 Å². The first-order valence-electron chi connectivity index (χ1n) is 7.53. The molecule has 1 unspecified atom stereocenters. The third kappa shape index (κ3) is 1.87. The van der Waals surface area contributed by atoms with Crippen molar-refractivity contribution >= 4 is 5.97 Å². The Bertz CT molecular complexity index is 313. The number of aliphatic carboxylic acids is 1. The minimum absolute atomic E-state index is 0.245. The van der Waals surface area contributed by atoms with Crippen LogP contribution in [0.1, 0.15) is 39.0 Å². The van der Waals surface area contributed by atoms with Gasteiger partial charge in [-0.2, -0.15) is 0 Å². The van der Waals surface area contributed by atoms with E-state index < -0.39 is 5.97 Å². The van der Waals surface area contributed by atoms with E-state index in [2.05, 4.69) is 11.8 Å². The van der Waals surface area contributed by atoms with E-state index in [1.165, 1.54) is 32.1 Å². The van der Waals surface area contributed by atoms with Crippen molar-refractivity contribution in [3.63, 3.8) is 0 Å². The lowest BCUT2D eigenvalue weighted by Crippen LogP contribution is -2.56. The fourth-order valence-corrected chi connectivity index (χ4v) is 5.33. The zero-order valence-electron chi connectivity index (χ0n) is 11.5. The lowest BCUT2D eigenvalue weighted by Gasteiger charge is -2.56. The zero-order chi connectivity index (χ0) is 12.9. The van der Waals surface area contributed by atoms with Gasteiger partial charge in [-0.3, -0.25) is 9.69 Å². The average molecular weight is 251 g/mol. The number of carboxylic acid groups (broad SMARTS) is 1. The Hall–Kier alpha value is -0.570. The summed E-state index contributed by atoms with van der Waals surface area (Å²) in [5, 5.41) is 9.62. The molecule has 3 nitrogen and oxygen atoms in total. The van der Waals surface area contributed by atoms with E-state index in [0.717, 1.165) is 18.4 Å². The molecule has 0 heterocycles. The summed E-state index contributed by atoms with van der Waals surface area (Å²) in [7, 11) is 1.98. The van der Waals surface area contributed by atoms with Gasteiger partial charge in [-0.25, -0.2) is 0 Å². The topological polar surface area (TPSA) is 40.5 Å². The summed E-state index contributed by atoms with van der Waals surface area (Å²) in [6.07, 6.45) is 6.65. The van der Waals surface area contributed by atoms with Crippen molar-refractivity contribution in [2.45, 2.75) is 45.1 Å². The molecule has 0 spiro atoms. The van der Waals surface area contributed by atoms with Crippen molar-refractivity contribution in [1.29, 1.82) is 0 Å². The molecule has 18 heavy (non-hydrogen) atoms. The Morgan fingerprint density at radius 2 is 1.67 bits per heavy atom. The maximum absolute atomic E-state index is 11.7. The molecule has 3 heteroatoms. The summed E-state index contributed by atoms with van der Waals surface area (Å²) in [6, 6.07) is -0.245. The highest BCUT2D eigenvalue weighted by Gasteiger charge is 2.52. The molecule has 0 aromatic heterocycles. The molecule has 1 N–H and O–H groups in total. The van der Waals surface area contributed by atoms with Gasteiger partial charge in [-0.15, -0.1) is 0 Å². The molecular formula is C15H25NO2. The normalized spacial score (nSPS) is 43.4. The lowest BCUT2D eigenvalue weighted by atomic mass is 9.50. The highest BCUT2D eigenvalue weighted by molar-refractivity contribution is 5.74. The number of nitrogens with zero attached hydrogens (tertiary/aromatic N) is 1. The number of carboxylic acids is 1. The quantitative estimate of drug-likeness (QED) is 0.834. The first kappa shape index (κ1) is 12.5. The van der Waals surface area contributed by atoms with Crippen LogP contribution in [0.15, 0.2) is 0 Å². The molecule has 4 bridgehead atoms. The molecule has 4 rings (SSSR count). The van der Waals surface area contributed by atoms with Gasteiger partial charge in [0, 0.05) is 0 Å². The van der Waals surface area contributed by atoms with Crippen molar-refractivity contribution < 1.29 is 9.90 Å². The predicted octanol–water partition coefficient (Wildman–Crippen LogP) is 2.46. The van der Waals surface area contributed by atoms with Crippen molar-refractivity contribution in [2.24, 2.45) is 29.6 Å². The molecule has 0 aromatic rings. The molecule has 0 aromatic carbocycles. The molecule has 4 saturated carbocycles. The Morgan fingerprint density at radius 1 is 1.17 bits per heavy atom. The van der Waals surface area contributed by atoms with Gasteiger partial charge in [-0.1, -0.05) is 6.92 Å². The second-order valence-corrected chi connectivity index (χ2v) is 6.86. The molecule has 0 saturated heterocycles. The highest BCUT2D eigenvalue weighted by Crippen LogP contribution is 2.57. The summed E-state index contributed by atoms with van der Waals surface area (Å²) in [6.45, 7) is 2.89. The standard InChI is InChI=1S/C15H25NO2/c1-3-16(2)14(15(17)18)13-11-5-9-4-10(7-11)8-12(13)6-9/h9-14H,3-8H2,1-2H3,(H,17,18). The van der Waals surface area contributed by atoms with Crippen LogP contribution in [-0.4, -0.2) is 35.6 Å². The molecule has 102 valence electrons. The van der Waals surface area contributed by atoms with Crippen LogP contribution in [0.4, 0.5) is 0 Å². The molecule has 4 fully saturated rings. The Labute approximate surface area is 110 Å². The van der Waals surface area contributed by atoms with Gasteiger partial charge in [0.15, 0.2) is 0 Å². The van der Waals surface area contributed by atoms with Crippen LogP contribution in [-0.2, 0) is 4.79 Å². The molecule has 1 atom stereocenters. The van der Waals surface area contributed by atoms with E-state index in [9.17, 15) is 9.90 Å². The fourth-order valence-electron chi connectivity index (χ4n) is 5.33. The number of hydrogen-bond donors (Lipinski definition) is 1. The Kier molecular flexibility index (Phi) is 3.13. The van der Waals surface area contributed by atoms with E-state index in [1.54, 1.807) is 0 Å². The van der Waals surface area contributed by atoms with Gasteiger partial charge in [0.1, 0.15) is 6.04 Å². The first-order chi connectivity index (χ1) is 8.60. The van der Waals surface area contributed by atoms with Crippen LogP contribution >= 0.6 is 0 Å². The largest absolute Gasteiger partial charge is 0.480 e. The predicted molar refractivity (Wildman–Crippen MR) is 70.3 cm³/mol. The molecule has 0 radical (unpaired) electrons. The number of rotatable bonds is 4. The lowest BCUT2D eigenvalue weighted by molar-refractivity contribution is -0.153. The van der Waals surface area contributed by atoms with Gasteiger partial charge < -0.3 is 5.11 Å². The minimum atomic E-state index is -0.600. The van der Waals surface area contributed by atoms with Crippen LogP contribution in [0.3, 0.4) is 0 Å². The maximum Gasteiger partial charge on any atom is 0.321 e. The van der Waals surface area contributed by atoms with Gasteiger partial charge in [0.05, 0.1) is 0 Å². The molecule has 0 aliphatic heterocycles. The van der Waals surface area contributed by atoms with Gasteiger partial charge in [0.25, 0.3) is 0 Å². The van der Waals surface area contributed by atoms with E-state index in [-0.39, 0.29) is 6.04 Å². The van der Waals surface area contributed by atoms with Crippen LogP contribution in [0.2, 0.25) is 0 Å². The number of hydrogen-bond acceptors (Lipinski definition) is 2. The number of likely N-dealkylation sites (N-methyl/N-ethyl adjacent to an activating group) is 1. The summed E-state index contributed by atoms with van der Waals surface area (Å²) in [5.41, 5.74) is 0. The third-order valence-corrected chi connectivity index (χ3v) is 5.89. The van der Waals surface area contributed by atoms with Crippen molar-refractivity contribution in [3.8, 4) is 0 Å². The van der Waals surface area contributed by atoms with E-state index in [0.29, 0.717) is 17.8 Å². The molecule has 4 aliphatic rings. The summed E-state index contributed by atoms with van der Waals surface area (Å²) in [4.78, 5) is 13.7. The monoisotopic (exact) mass is 251 g/mol. The minimum Gasteiger partial charge on any atom is -0.480 e. The SMILES string of the molecule is CCN(C)C(C(=O)O)C1C2CC3CC(C2)CC1C3. The molecule has 0 amide bonds. The maximum atomic E-state index is 11.7. The summed E-state index contributed by atoms with van der Waals surface area (Å²) >= 11 is 0. The van der Waals surface area contributed by atoms with Crippen LogP contribution < -0.4 is 0 Å². The molecular weight excluding hydrogens is 226 g/mol. The third-order valence-electron chi connectivity index (χ3n) is 5.89. The fraction of sp³-hybridized carbons (Fsp3) is 0.933. The number of carbonyl (C=O) groups is 1.